The fourth-order valence-corrected chi connectivity index (χ4v) is 1.76. The Kier molecular flexibility index (Phi) is 6.05. The van der Waals surface area contributed by atoms with Crippen LogP contribution in [0.3, 0.4) is 0 Å². The summed E-state index contributed by atoms with van der Waals surface area (Å²) in [6.07, 6.45) is 4.79. The molecule has 4 nitrogen and oxygen atoms in total. The fourth-order valence-electron chi connectivity index (χ4n) is 1.76. The molecule has 0 fully saturated rings. The van der Waals surface area contributed by atoms with Crippen LogP contribution < -0.4 is 11.5 Å². The molecule has 0 amide bonds. The van der Waals surface area contributed by atoms with E-state index in [2.05, 4.69) is 6.92 Å². The fraction of sp³-hybridized carbons (Fsp3) is 0.500. The van der Waals surface area contributed by atoms with Gasteiger partial charge < -0.3 is 16.2 Å². The maximum atomic E-state index is 11.5. The number of unbranched alkanes of at least 4 members (excludes halogenated alkanes) is 3. The van der Waals surface area contributed by atoms with Crippen molar-refractivity contribution in [1.82, 2.24) is 0 Å². The van der Waals surface area contributed by atoms with Crippen molar-refractivity contribution in [2.45, 2.75) is 45.6 Å². The van der Waals surface area contributed by atoms with Crippen LogP contribution in [0.15, 0.2) is 18.2 Å². The standard InChI is InChI=1S/C14H22N2O2/c1-2-3-4-5-6-14(17)18-10-11-7-12(15)9-13(16)8-11/h7-9H,2-6,10,15-16H2,1H3. The van der Waals surface area contributed by atoms with Crippen LogP contribution in [0, 0.1) is 0 Å². The van der Waals surface area contributed by atoms with Crippen LogP contribution in [0.5, 0.6) is 0 Å². The molecule has 4 N–H and O–H groups in total. The topological polar surface area (TPSA) is 78.3 Å². The Balaban J connectivity index is 2.29. The lowest BCUT2D eigenvalue weighted by Gasteiger charge is -2.06. The van der Waals surface area contributed by atoms with Gasteiger partial charge in [0.1, 0.15) is 6.61 Å². The number of esters is 1. The Morgan fingerprint density at radius 3 is 2.39 bits per heavy atom. The van der Waals surface area contributed by atoms with E-state index in [0.717, 1.165) is 24.8 Å². The zero-order valence-electron chi connectivity index (χ0n) is 10.9. The van der Waals surface area contributed by atoms with Gasteiger partial charge in [-0.1, -0.05) is 26.2 Å². The minimum absolute atomic E-state index is 0.160. The zero-order chi connectivity index (χ0) is 13.4. The van der Waals surface area contributed by atoms with Gasteiger partial charge in [0.15, 0.2) is 0 Å². The molecule has 0 radical (unpaired) electrons. The summed E-state index contributed by atoms with van der Waals surface area (Å²) in [5.74, 6) is -0.160. The zero-order valence-corrected chi connectivity index (χ0v) is 10.9. The SMILES string of the molecule is CCCCCCC(=O)OCc1cc(N)cc(N)c1. The van der Waals surface area contributed by atoms with Crippen molar-refractivity contribution < 1.29 is 9.53 Å². The average Bonchev–Trinajstić information content (AvgIpc) is 2.31. The lowest BCUT2D eigenvalue weighted by Crippen LogP contribution is -2.05. The Bertz CT molecular complexity index is 371. The first-order chi connectivity index (χ1) is 8.61. The molecule has 0 aliphatic carbocycles. The molecule has 4 heteroatoms. The summed E-state index contributed by atoms with van der Waals surface area (Å²) in [5, 5.41) is 0. The highest BCUT2D eigenvalue weighted by molar-refractivity contribution is 5.69. The molecule has 1 aromatic rings. The first-order valence-corrected chi connectivity index (χ1v) is 6.42. The van der Waals surface area contributed by atoms with E-state index in [-0.39, 0.29) is 12.6 Å². The van der Waals surface area contributed by atoms with E-state index < -0.39 is 0 Å². The molecular formula is C14H22N2O2. The summed E-state index contributed by atoms with van der Waals surface area (Å²) >= 11 is 0. The van der Waals surface area contributed by atoms with Gasteiger partial charge >= 0.3 is 5.97 Å². The molecule has 0 saturated carbocycles. The molecule has 0 spiro atoms. The number of carbonyl (C=O) groups excluding carboxylic acids is 1. The Morgan fingerprint density at radius 2 is 1.78 bits per heavy atom. The Hall–Kier alpha value is -1.71. The van der Waals surface area contributed by atoms with Gasteiger partial charge in [-0.05, 0) is 30.2 Å². The van der Waals surface area contributed by atoms with Crippen LogP contribution in [0.2, 0.25) is 0 Å². The molecule has 1 rings (SSSR count). The number of rotatable bonds is 7. The molecule has 0 aliphatic heterocycles. The molecule has 100 valence electrons. The maximum Gasteiger partial charge on any atom is 0.306 e. The van der Waals surface area contributed by atoms with Gasteiger partial charge in [-0.15, -0.1) is 0 Å². The predicted octanol–water partition coefficient (Wildman–Crippen LogP) is 2.86. The molecule has 0 aliphatic rings. The largest absolute Gasteiger partial charge is 0.461 e. The lowest BCUT2D eigenvalue weighted by molar-refractivity contribution is -0.145. The van der Waals surface area contributed by atoms with E-state index in [1.54, 1.807) is 18.2 Å². The van der Waals surface area contributed by atoms with Gasteiger partial charge in [-0.2, -0.15) is 0 Å². The predicted molar refractivity (Wildman–Crippen MR) is 73.8 cm³/mol. The van der Waals surface area contributed by atoms with E-state index in [9.17, 15) is 4.79 Å². The summed E-state index contributed by atoms with van der Waals surface area (Å²) < 4.78 is 5.17. The minimum Gasteiger partial charge on any atom is -0.461 e. The molecule has 0 aromatic heterocycles. The van der Waals surface area contributed by atoms with Crippen molar-refractivity contribution in [3.63, 3.8) is 0 Å². The van der Waals surface area contributed by atoms with Crippen LogP contribution in [-0.4, -0.2) is 5.97 Å². The first-order valence-electron chi connectivity index (χ1n) is 6.42. The molecule has 18 heavy (non-hydrogen) atoms. The van der Waals surface area contributed by atoms with Gasteiger partial charge in [0, 0.05) is 17.8 Å². The third-order valence-electron chi connectivity index (χ3n) is 2.67. The van der Waals surface area contributed by atoms with Crippen molar-refractivity contribution >= 4 is 17.3 Å². The van der Waals surface area contributed by atoms with Crippen molar-refractivity contribution in [3.8, 4) is 0 Å². The van der Waals surface area contributed by atoms with E-state index in [4.69, 9.17) is 16.2 Å². The number of nitrogens with two attached hydrogens (primary N) is 2. The first kappa shape index (κ1) is 14.4. The van der Waals surface area contributed by atoms with Crippen LogP contribution in [0.25, 0.3) is 0 Å². The van der Waals surface area contributed by atoms with E-state index >= 15 is 0 Å². The molecule has 0 unspecified atom stereocenters. The van der Waals surface area contributed by atoms with Crippen LogP contribution >= 0.6 is 0 Å². The number of nitrogen functional groups attached to an aromatic ring is 2. The number of hydrogen-bond donors (Lipinski definition) is 2. The van der Waals surface area contributed by atoms with Crippen molar-refractivity contribution in [3.05, 3.63) is 23.8 Å². The van der Waals surface area contributed by atoms with Crippen molar-refractivity contribution in [2.24, 2.45) is 0 Å². The number of carbonyl (C=O) groups is 1. The van der Waals surface area contributed by atoms with Gasteiger partial charge in [-0.3, -0.25) is 4.79 Å². The third kappa shape index (κ3) is 5.57. The third-order valence-corrected chi connectivity index (χ3v) is 2.67. The second kappa shape index (κ2) is 7.58. The number of benzene rings is 1. The van der Waals surface area contributed by atoms with Gasteiger partial charge in [0.05, 0.1) is 0 Å². The summed E-state index contributed by atoms with van der Waals surface area (Å²) in [6.45, 7) is 2.38. The van der Waals surface area contributed by atoms with Crippen LogP contribution in [0.1, 0.15) is 44.6 Å². The van der Waals surface area contributed by atoms with Gasteiger partial charge in [-0.25, -0.2) is 0 Å². The smallest absolute Gasteiger partial charge is 0.306 e. The van der Waals surface area contributed by atoms with Crippen LogP contribution in [0.4, 0.5) is 11.4 Å². The Morgan fingerprint density at radius 1 is 1.11 bits per heavy atom. The molecule has 0 bridgehead atoms. The summed E-state index contributed by atoms with van der Waals surface area (Å²) in [5.41, 5.74) is 13.3. The second-order valence-corrected chi connectivity index (χ2v) is 4.48. The number of anilines is 2. The Labute approximate surface area is 108 Å². The van der Waals surface area contributed by atoms with Crippen molar-refractivity contribution in [1.29, 1.82) is 0 Å². The van der Waals surface area contributed by atoms with Crippen molar-refractivity contribution in [2.75, 3.05) is 11.5 Å². The van der Waals surface area contributed by atoms with E-state index in [0.29, 0.717) is 17.8 Å². The highest BCUT2D eigenvalue weighted by Crippen LogP contribution is 2.14. The molecular weight excluding hydrogens is 228 g/mol. The highest BCUT2D eigenvalue weighted by atomic mass is 16.5. The molecule has 0 heterocycles. The normalized spacial score (nSPS) is 10.3. The van der Waals surface area contributed by atoms with Gasteiger partial charge in [0.2, 0.25) is 0 Å². The summed E-state index contributed by atoms with van der Waals surface area (Å²) in [4.78, 5) is 11.5. The highest BCUT2D eigenvalue weighted by Gasteiger charge is 2.04. The monoisotopic (exact) mass is 250 g/mol. The molecule has 0 saturated heterocycles. The van der Waals surface area contributed by atoms with E-state index in [1.807, 2.05) is 0 Å². The quantitative estimate of drug-likeness (QED) is 0.443. The minimum atomic E-state index is -0.160. The molecule has 1 aromatic carbocycles. The van der Waals surface area contributed by atoms with Gasteiger partial charge in [0.25, 0.3) is 0 Å². The number of hydrogen-bond acceptors (Lipinski definition) is 4. The van der Waals surface area contributed by atoms with Crippen LogP contribution in [-0.2, 0) is 16.1 Å². The summed E-state index contributed by atoms with van der Waals surface area (Å²) in [7, 11) is 0. The number of ether oxygens (including phenoxy) is 1. The summed E-state index contributed by atoms with van der Waals surface area (Å²) in [6, 6.07) is 5.21. The molecule has 0 atom stereocenters. The van der Waals surface area contributed by atoms with E-state index in [1.165, 1.54) is 6.42 Å². The lowest BCUT2D eigenvalue weighted by atomic mass is 10.1. The maximum absolute atomic E-state index is 11.5. The average molecular weight is 250 g/mol. The second-order valence-electron chi connectivity index (χ2n) is 4.48.